The third kappa shape index (κ3) is 2.53. The molecule has 0 saturated carbocycles. The topological polar surface area (TPSA) is 50.4 Å². The van der Waals surface area contributed by atoms with Crippen LogP contribution in [0.4, 0.5) is 13.2 Å². The van der Waals surface area contributed by atoms with Crippen LogP contribution >= 0.6 is 11.6 Å². The van der Waals surface area contributed by atoms with Crippen molar-refractivity contribution in [3.8, 4) is 0 Å². The van der Waals surface area contributed by atoms with E-state index in [1.54, 1.807) is 0 Å². The zero-order valence-corrected chi connectivity index (χ0v) is 11.7. The van der Waals surface area contributed by atoms with E-state index in [0.717, 1.165) is 12.1 Å². The molecule has 1 N–H and O–H groups in total. The van der Waals surface area contributed by atoms with Gasteiger partial charge in [-0.1, -0.05) is 17.7 Å². The molecular formula is C14H9ClF3N3O. The second-order valence-electron chi connectivity index (χ2n) is 4.62. The largest absolute Gasteiger partial charge is 0.416 e. The van der Waals surface area contributed by atoms with Crippen molar-refractivity contribution in [1.82, 2.24) is 14.4 Å². The molecule has 1 unspecified atom stereocenters. The van der Waals surface area contributed by atoms with Gasteiger partial charge < -0.3 is 5.11 Å². The molecule has 114 valence electrons. The van der Waals surface area contributed by atoms with Gasteiger partial charge in [0.1, 0.15) is 6.10 Å². The number of rotatable bonds is 2. The number of fused-ring (bicyclic) bond motifs is 1. The first-order valence-corrected chi connectivity index (χ1v) is 6.57. The molecule has 0 saturated heterocycles. The van der Waals surface area contributed by atoms with Crippen molar-refractivity contribution in [3.05, 3.63) is 64.8 Å². The number of aliphatic hydroxyl groups is 1. The quantitative estimate of drug-likeness (QED) is 0.784. The molecule has 0 radical (unpaired) electrons. The summed E-state index contributed by atoms with van der Waals surface area (Å²) in [5, 5.41) is 10.3. The molecule has 22 heavy (non-hydrogen) atoms. The number of hydrogen-bond acceptors (Lipinski definition) is 3. The number of alkyl halides is 3. The van der Waals surface area contributed by atoms with Crippen LogP contribution in [-0.2, 0) is 6.18 Å². The summed E-state index contributed by atoms with van der Waals surface area (Å²) in [7, 11) is 0. The van der Waals surface area contributed by atoms with Gasteiger partial charge in [0.15, 0.2) is 5.65 Å². The molecule has 0 aliphatic heterocycles. The number of imidazole rings is 1. The fraction of sp³-hybridized carbons (Fsp3) is 0.143. The molecule has 0 aliphatic rings. The van der Waals surface area contributed by atoms with Gasteiger partial charge >= 0.3 is 6.18 Å². The molecule has 0 bridgehead atoms. The summed E-state index contributed by atoms with van der Waals surface area (Å²) in [5.41, 5.74) is -0.615. The zero-order valence-electron chi connectivity index (χ0n) is 10.9. The van der Waals surface area contributed by atoms with E-state index in [1.165, 1.54) is 35.3 Å². The second-order valence-corrected chi connectivity index (χ2v) is 5.06. The van der Waals surface area contributed by atoms with E-state index < -0.39 is 17.8 Å². The third-order valence-electron chi connectivity index (χ3n) is 3.24. The molecule has 3 rings (SSSR count). The molecule has 0 aliphatic carbocycles. The fourth-order valence-corrected chi connectivity index (χ4v) is 2.41. The van der Waals surface area contributed by atoms with E-state index in [2.05, 4.69) is 9.97 Å². The number of nitrogens with zero attached hydrogens (tertiary/aromatic N) is 3. The summed E-state index contributed by atoms with van der Waals surface area (Å²) in [5.74, 6) is 0. The van der Waals surface area contributed by atoms with Crippen LogP contribution in [0.5, 0.6) is 0 Å². The molecule has 3 aromatic rings. The van der Waals surface area contributed by atoms with Crippen molar-refractivity contribution in [1.29, 1.82) is 0 Å². The van der Waals surface area contributed by atoms with E-state index in [1.807, 2.05) is 0 Å². The SMILES string of the molecule is OC(c1ccc(Cl)cc1C(F)(F)F)c1cnc2cnccn12. The number of benzene rings is 1. The maximum absolute atomic E-state index is 13.1. The number of hydrogen-bond donors (Lipinski definition) is 1. The van der Waals surface area contributed by atoms with Gasteiger partial charge in [-0.2, -0.15) is 13.2 Å². The Balaban J connectivity index is 2.15. The third-order valence-corrected chi connectivity index (χ3v) is 3.48. The molecule has 8 heteroatoms. The van der Waals surface area contributed by atoms with Gasteiger partial charge in [-0.3, -0.25) is 9.38 Å². The average Bonchev–Trinajstić information content (AvgIpc) is 2.89. The molecule has 0 fully saturated rings. The Bertz CT molecular complexity index is 832. The average molecular weight is 328 g/mol. The molecule has 0 spiro atoms. The lowest BCUT2D eigenvalue weighted by molar-refractivity contribution is -0.139. The van der Waals surface area contributed by atoms with Gasteiger partial charge in [-0.05, 0) is 17.7 Å². The molecule has 2 heterocycles. The van der Waals surface area contributed by atoms with Crippen LogP contribution in [0.3, 0.4) is 0 Å². The zero-order chi connectivity index (χ0) is 15.9. The first-order chi connectivity index (χ1) is 10.4. The van der Waals surface area contributed by atoms with Crippen LogP contribution < -0.4 is 0 Å². The second kappa shape index (κ2) is 5.26. The van der Waals surface area contributed by atoms with Crippen LogP contribution in [0, 0.1) is 0 Å². The van der Waals surface area contributed by atoms with Crippen LogP contribution in [0.1, 0.15) is 22.9 Å². The summed E-state index contributed by atoms with van der Waals surface area (Å²) in [4.78, 5) is 7.87. The molecule has 4 nitrogen and oxygen atoms in total. The Morgan fingerprint density at radius 1 is 1.23 bits per heavy atom. The Morgan fingerprint density at radius 3 is 2.73 bits per heavy atom. The summed E-state index contributed by atoms with van der Waals surface area (Å²) < 4.78 is 40.9. The van der Waals surface area contributed by atoms with Gasteiger partial charge in [0.05, 0.1) is 23.7 Å². The van der Waals surface area contributed by atoms with Gasteiger partial charge in [-0.15, -0.1) is 0 Å². The van der Waals surface area contributed by atoms with Crippen molar-refractivity contribution < 1.29 is 18.3 Å². The highest BCUT2D eigenvalue weighted by Gasteiger charge is 2.36. The van der Waals surface area contributed by atoms with Crippen LogP contribution in [0.25, 0.3) is 5.65 Å². The smallest absolute Gasteiger partial charge is 0.382 e. The Labute approximate surface area is 127 Å². The monoisotopic (exact) mass is 327 g/mol. The lowest BCUT2D eigenvalue weighted by atomic mass is 10.00. The van der Waals surface area contributed by atoms with Gasteiger partial charge in [-0.25, -0.2) is 4.98 Å². The van der Waals surface area contributed by atoms with Crippen molar-refractivity contribution in [2.45, 2.75) is 12.3 Å². The Hall–Kier alpha value is -2.12. The Kier molecular flexibility index (Phi) is 3.54. The van der Waals surface area contributed by atoms with Gasteiger partial charge in [0, 0.05) is 17.4 Å². The van der Waals surface area contributed by atoms with E-state index in [9.17, 15) is 18.3 Å². The highest BCUT2D eigenvalue weighted by molar-refractivity contribution is 6.30. The number of aromatic nitrogens is 3. The van der Waals surface area contributed by atoms with Gasteiger partial charge in [0.2, 0.25) is 0 Å². The molecule has 0 amide bonds. The van der Waals surface area contributed by atoms with Crippen LogP contribution in [-0.4, -0.2) is 19.5 Å². The van der Waals surface area contributed by atoms with Crippen LogP contribution in [0.15, 0.2) is 43.0 Å². The predicted octanol–water partition coefficient (Wildman–Crippen LogP) is 3.48. The number of aliphatic hydroxyl groups excluding tert-OH is 1. The maximum atomic E-state index is 13.1. The lowest BCUT2D eigenvalue weighted by Crippen LogP contribution is -2.13. The maximum Gasteiger partial charge on any atom is 0.416 e. The highest BCUT2D eigenvalue weighted by atomic mass is 35.5. The summed E-state index contributed by atoms with van der Waals surface area (Å²) in [6, 6.07) is 3.27. The van der Waals surface area contributed by atoms with E-state index in [-0.39, 0.29) is 16.3 Å². The predicted molar refractivity (Wildman–Crippen MR) is 73.5 cm³/mol. The first kappa shape index (κ1) is 14.8. The molecule has 2 aromatic heterocycles. The minimum Gasteiger partial charge on any atom is -0.382 e. The fourth-order valence-electron chi connectivity index (χ4n) is 2.24. The normalized spacial score (nSPS) is 13.5. The van der Waals surface area contributed by atoms with Crippen molar-refractivity contribution in [3.63, 3.8) is 0 Å². The summed E-state index contributed by atoms with van der Waals surface area (Å²) in [6.07, 6.45) is -0.379. The minimum atomic E-state index is -4.62. The molecular weight excluding hydrogens is 319 g/mol. The lowest BCUT2D eigenvalue weighted by Gasteiger charge is -2.17. The van der Waals surface area contributed by atoms with Crippen LogP contribution in [0.2, 0.25) is 5.02 Å². The van der Waals surface area contributed by atoms with Crippen molar-refractivity contribution in [2.75, 3.05) is 0 Å². The van der Waals surface area contributed by atoms with E-state index in [0.29, 0.717) is 5.65 Å². The molecule has 1 aromatic carbocycles. The highest BCUT2D eigenvalue weighted by Crippen LogP contribution is 2.38. The van der Waals surface area contributed by atoms with E-state index >= 15 is 0 Å². The minimum absolute atomic E-state index is 0.0504. The van der Waals surface area contributed by atoms with E-state index in [4.69, 9.17) is 11.6 Å². The summed E-state index contributed by atoms with van der Waals surface area (Å²) in [6.45, 7) is 0. The standard InChI is InChI=1S/C14H9ClF3N3O/c15-8-1-2-9(10(5-8)14(16,17)18)13(22)11-6-20-12-7-19-3-4-21(11)12/h1-7,13,22H. The summed E-state index contributed by atoms with van der Waals surface area (Å²) >= 11 is 5.64. The first-order valence-electron chi connectivity index (χ1n) is 6.19. The van der Waals surface area contributed by atoms with Crippen molar-refractivity contribution >= 4 is 17.2 Å². The Morgan fingerprint density at radius 2 is 2.00 bits per heavy atom. The molecule has 1 atom stereocenters. The number of halogens is 4. The van der Waals surface area contributed by atoms with Crippen molar-refractivity contribution in [2.24, 2.45) is 0 Å². The van der Waals surface area contributed by atoms with Gasteiger partial charge in [0.25, 0.3) is 0 Å².